The molecule has 4 nitrogen and oxygen atoms in total. The predicted octanol–water partition coefficient (Wildman–Crippen LogP) is 2.83. The van der Waals surface area contributed by atoms with Crippen molar-refractivity contribution in [3.63, 3.8) is 0 Å². The van der Waals surface area contributed by atoms with Gasteiger partial charge < -0.3 is 10.2 Å². The average Bonchev–Trinajstić information content (AvgIpc) is 2.55. The molecule has 1 N–H and O–H groups in total. The van der Waals surface area contributed by atoms with Gasteiger partial charge in [-0.15, -0.1) is 0 Å². The fourth-order valence-corrected chi connectivity index (χ4v) is 2.54. The van der Waals surface area contributed by atoms with Crippen LogP contribution in [0.3, 0.4) is 0 Å². The number of fused-ring (bicyclic) bond motifs is 1. The Kier molecular flexibility index (Phi) is 4.24. The van der Waals surface area contributed by atoms with Gasteiger partial charge in [0.1, 0.15) is 0 Å². The summed E-state index contributed by atoms with van der Waals surface area (Å²) in [6.45, 7) is 0.289. The first-order valence-electron chi connectivity index (χ1n) is 7.57. The lowest BCUT2D eigenvalue weighted by atomic mass is 10.1. The monoisotopic (exact) mass is 306 g/mol. The molecule has 23 heavy (non-hydrogen) atoms. The quantitative estimate of drug-likeness (QED) is 0.753. The molecule has 1 heterocycles. The number of amides is 1. The van der Waals surface area contributed by atoms with Crippen LogP contribution in [-0.4, -0.2) is 20.0 Å². The number of anilines is 2. The highest BCUT2D eigenvalue weighted by molar-refractivity contribution is 6.01. The first-order valence-corrected chi connectivity index (χ1v) is 7.57. The van der Waals surface area contributed by atoms with Gasteiger partial charge in [0.25, 0.3) is 5.91 Å². The van der Waals surface area contributed by atoms with E-state index in [4.69, 9.17) is 0 Å². The van der Waals surface area contributed by atoms with E-state index in [9.17, 15) is 4.79 Å². The minimum atomic E-state index is -0.0380. The summed E-state index contributed by atoms with van der Waals surface area (Å²) in [6, 6.07) is 17.9. The lowest BCUT2D eigenvalue weighted by Gasteiger charge is -2.10. The van der Waals surface area contributed by atoms with E-state index in [1.807, 2.05) is 90.6 Å². The molecule has 116 valence electrons. The average molecular weight is 306 g/mol. The van der Waals surface area contributed by atoms with Gasteiger partial charge >= 0.3 is 0 Å². The molecule has 3 aromatic rings. The van der Waals surface area contributed by atoms with E-state index in [1.165, 1.54) is 0 Å². The van der Waals surface area contributed by atoms with Crippen LogP contribution in [0.5, 0.6) is 0 Å². The molecule has 0 atom stereocenters. The SMILES string of the molecule is CN(C)c1cc[n+](CC(=O)Nc2cccc3ccccc23)cc1. The topological polar surface area (TPSA) is 36.2 Å². The molecular formula is C19H20N3O+. The Morgan fingerprint density at radius 3 is 2.43 bits per heavy atom. The number of pyridine rings is 1. The van der Waals surface area contributed by atoms with Crippen molar-refractivity contribution >= 4 is 28.1 Å². The number of carbonyl (C=O) groups excluding carboxylic acids is 1. The maximum Gasteiger partial charge on any atom is 0.290 e. The van der Waals surface area contributed by atoms with Crippen molar-refractivity contribution in [2.45, 2.75) is 6.54 Å². The highest BCUT2D eigenvalue weighted by Crippen LogP contribution is 2.22. The summed E-state index contributed by atoms with van der Waals surface area (Å²) < 4.78 is 1.87. The van der Waals surface area contributed by atoms with E-state index in [1.54, 1.807) is 0 Å². The molecule has 0 radical (unpaired) electrons. The van der Waals surface area contributed by atoms with Crippen LogP contribution in [0.15, 0.2) is 67.0 Å². The van der Waals surface area contributed by atoms with E-state index in [0.717, 1.165) is 22.1 Å². The van der Waals surface area contributed by atoms with Crippen molar-refractivity contribution in [1.29, 1.82) is 0 Å². The van der Waals surface area contributed by atoms with Crippen LogP contribution in [0, 0.1) is 0 Å². The fourth-order valence-electron chi connectivity index (χ4n) is 2.54. The smallest absolute Gasteiger partial charge is 0.290 e. The second-order valence-corrected chi connectivity index (χ2v) is 5.70. The van der Waals surface area contributed by atoms with Gasteiger partial charge in [0.2, 0.25) is 6.54 Å². The third-order valence-corrected chi connectivity index (χ3v) is 3.78. The number of nitrogens with zero attached hydrogens (tertiary/aromatic N) is 2. The third-order valence-electron chi connectivity index (χ3n) is 3.78. The zero-order chi connectivity index (χ0) is 16.2. The minimum absolute atomic E-state index is 0.0380. The number of hydrogen-bond acceptors (Lipinski definition) is 2. The molecule has 3 rings (SSSR count). The molecule has 0 aliphatic rings. The van der Waals surface area contributed by atoms with Gasteiger partial charge in [-0.1, -0.05) is 36.4 Å². The van der Waals surface area contributed by atoms with Crippen molar-refractivity contribution in [3.8, 4) is 0 Å². The van der Waals surface area contributed by atoms with Crippen LogP contribution in [0.2, 0.25) is 0 Å². The standard InChI is InChI=1S/C19H19N3O/c1-21(2)16-10-12-22(13-11-16)14-19(23)20-18-9-5-7-15-6-3-4-8-17(15)18/h3-13H,14H2,1-2H3/p+1. The van der Waals surface area contributed by atoms with E-state index < -0.39 is 0 Å². The maximum atomic E-state index is 12.3. The summed E-state index contributed by atoms with van der Waals surface area (Å²) in [5, 5.41) is 5.17. The van der Waals surface area contributed by atoms with Crippen LogP contribution < -0.4 is 14.8 Å². The summed E-state index contributed by atoms with van der Waals surface area (Å²) in [7, 11) is 3.99. The molecule has 0 saturated heterocycles. The van der Waals surface area contributed by atoms with Crippen molar-refractivity contribution in [1.82, 2.24) is 0 Å². The number of aromatic nitrogens is 1. The zero-order valence-corrected chi connectivity index (χ0v) is 13.4. The van der Waals surface area contributed by atoms with Gasteiger partial charge in [0.05, 0.1) is 0 Å². The minimum Gasteiger partial charge on any atom is -0.377 e. The molecule has 0 spiro atoms. The summed E-state index contributed by atoms with van der Waals surface area (Å²) in [5.74, 6) is -0.0380. The molecule has 0 bridgehead atoms. The van der Waals surface area contributed by atoms with Crippen LogP contribution in [0.1, 0.15) is 0 Å². The Morgan fingerprint density at radius 2 is 1.70 bits per heavy atom. The van der Waals surface area contributed by atoms with Crippen molar-refractivity contribution in [3.05, 3.63) is 67.0 Å². The maximum absolute atomic E-state index is 12.3. The Labute approximate surface area is 136 Å². The first kappa shape index (κ1) is 15.0. The zero-order valence-electron chi connectivity index (χ0n) is 13.4. The van der Waals surface area contributed by atoms with Gasteiger partial charge in [0.15, 0.2) is 12.4 Å². The van der Waals surface area contributed by atoms with E-state index in [2.05, 4.69) is 5.32 Å². The molecular weight excluding hydrogens is 286 g/mol. The van der Waals surface area contributed by atoms with Crippen molar-refractivity contribution < 1.29 is 9.36 Å². The molecule has 0 aliphatic carbocycles. The Hall–Kier alpha value is -2.88. The third kappa shape index (κ3) is 3.48. The van der Waals surface area contributed by atoms with Crippen LogP contribution in [-0.2, 0) is 11.3 Å². The summed E-state index contributed by atoms with van der Waals surface area (Å²) in [6.07, 6.45) is 3.83. The van der Waals surface area contributed by atoms with Gasteiger partial charge in [-0.25, -0.2) is 0 Å². The van der Waals surface area contributed by atoms with Crippen LogP contribution in [0.25, 0.3) is 10.8 Å². The van der Waals surface area contributed by atoms with Crippen molar-refractivity contribution in [2.24, 2.45) is 0 Å². The number of carbonyl (C=O) groups is 1. The molecule has 1 amide bonds. The van der Waals surface area contributed by atoms with E-state index in [-0.39, 0.29) is 12.5 Å². The largest absolute Gasteiger partial charge is 0.377 e. The lowest BCUT2D eigenvalue weighted by molar-refractivity contribution is -0.684. The molecule has 1 aromatic heterocycles. The Balaban J connectivity index is 1.73. The molecule has 0 fully saturated rings. The Bertz CT molecular complexity index is 820. The molecule has 0 unspecified atom stereocenters. The number of rotatable bonds is 4. The second kappa shape index (κ2) is 6.48. The fraction of sp³-hybridized carbons (Fsp3) is 0.158. The van der Waals surface area contributed by atoms with E-state index >= 15 is 0 Å². The number of hydrogen-bond donors (Lipinski definition) is 1. The number of nitrogens with one attached hydrogen (secondary N) is 1. The van der Waals surface area contributed by atoms with Crippen LogP contribution >= 0.6 is 0 Å². The summed E-state index contributed by atoms with van der Waals surface area (Å²) in [5.41, 5.74) is 1.95. The second-order valence-electron chi connectivity index (χ2n) is 5.70. The van der Waals surface area contributed by atoms with Crippen LogP contribution in [0.4, 0.5) is 11.4 Å². The molecule has 0 aliphatic heterocycles. The highest BCUT2D eigenvalue weighted by Gasteiger charge is 2.11. The summed E-state index contributed by atoms with van der Waals surface area (Å²) in [4.78, 5) is 14.3. The lowest BCUT2D eigenvalue weighted by Crippen LogP contribution is -2.39. The van der Waals surface area contributed by atoms with Crippen molar-refractivity contribution in [2.75, 3.05) is 24.3 Å². The van der Waals surface area contributed by atoms with Gasteiger partial charge in [-0.05, 0) is 11.5 Å². The predicted molar refractivity (Wildman–Crippen MR) is 93.5 cm³/mol. The van der Waals surface area contributed by atoms with Gasteiger partial charge in [-0.2, -0.15) is 4.57 Å². The Morgan fingerprint density at radius 1 is 1.00 bits per heavy atom. The van der Waals surface area contributed by atoms with E-state index in [0.29, 0.717) is 0 Å². The molecule has 2 aromatic carbocycles. The first-order chi connectivity index (χ1) is 11.1. The van der Waals surface area contributed by atoms with Gasteiger partial charge in [0, 0.05) is 43.0 Å². The summed E-state index contributed by atoms with van der Waals surface area (Å²) >= 11 is 0. The number of benzene rings is 2. The van der Waals surface area contributed by atoms with Gasteiger partial charge in [-0.3, -0.25) is 4.79 Å². The normalized spacial score (nSPS) is 10.5. The highest BCUT2D eigenvalue weighted by atomic mass is 16.1. The molecule has 4 heteroatoms. The molecule has 0 saturated carbocycles.